The molecule has 1 heterocycles. The second-order valence-corrected chi connectivity index (χ2v) is 8.39. The number of nitrogens with zero attached hydrogens (tertiary/aromatic N) is 1. The Bertz CT molecular complexity index is 639. The first-order valence-corrected chi connectivity index (χ1v) is 9.23. The fourth-order valence-electron chi connectivity index (χ4n) is 3.87. The largest absolute Gasteiger partial charge is 0.496 e. The molecule has 1 aliphatic heterocycles. The van der Waals surface area contributed by atoms with Crippen molar-refractivity contribution in [1.82, 2.24) is 4.90 Å². The number of β-amino-alcohol motifs (C(OH)–C–C–N with tert-alkyl or cyclic N) is 1. The lowest BCUT2D eigenvalue weighted by atomic mass is 9.74. The Morgan fingerprint density at radius 3 is 2.30 bits per heavy atom. The molecule has 1 saturated heterocycles. The highest BCUT2D eigenvalue weighted by Gasteiger charge is 2.56. The molecular weight excluding hydrogens is 362 g/mol. The number of benzene rings is 1. The zero-order valence-electron chi connectivity index (χ0n) is 16.4. The highest BCUT2D eigenvalue weighted by molar-refractivity contribution is 5.39. The molecule has 27 heavy (non-hydrogen) atoms. The van der Waals surface area contributed by atoms with Crippen molar-refractivity contribution in [1.29, 1.82) is 0 Å². The SMILES string of the molecule is COc1ccc(F)cc1C(C)(C)CC(O)(CN1CCC(C)CC1)C(F)(F)F. The van der Waals surface area contributed by atoms with Gasteiger partial charge in [-0.15, -0.1) is 0 Å². The highest BCUT2D eigenvalue weighted by atomic mass is 19.4. The van der Waals surface area contributed by atoms with Crippen molar-refractivity contribution in [3.63, 3.8) is 0 Å². The van der Waals surface area contributed by atoms with E-state index in [1.807, 2.05) is 0 Å². The monoisotopic (exact) mass is 391 g/mol. The van der Waals surface area contributed by atoms with Crippen molar-refractivity contribution in [2.45, 2.75) is 57.2 Å². The van der Waals surface area contributed by atoms with Crippen LogP contribution >= 0.6 is 0 Å². The summed E-state index contributed by atoms with van der Waals surface area (Å²) in [5, 5.41) is 10.7. The number of ether oxygens (including phenoxy) is 1. The second kappa shape index (κ2) is 7.95. The summed E-state index contributed by atoms with van der Waals surface area (Å²) in [6, 6.07) is 3.77. The number of rotatable bonds is 6. The first kappa shape index (κ1) is 22.0. The molecule has 1 aromatic rings. The van der Waals surface area contributed by atoms with E-state index in [2.05, 4.69) is 6.92 Å². The third kappa shape index (κ3) is 5.13. The van der Waals surface area contributed by atoms with Crippen LogP contribution in [-0.2, 0) is 5.41 Å². The number of halogens is 4. The lowest BCUT2D eigenvalue weighted by molar-refractivity contribution is -0.272. The molecule has 0 radical (unpaired) electrons. The highest BCUT2D eigenvalue weighted by Crippen LogP contribution is 2.44. The van der Waals surface area contributed by atoms with Crippen molar-refractivity contribution in [3.05, 3.63) is 29.6 Å². The van der Waals surface area contributed by atoms with Gasteiger partial charge in [-0.05, 0) is 61.9 Å². The van der Waals surface area contributed by atoms with Gasteiger partial charge in [0.05, 0.1) is 7.11 Å². The predicted octanol–water partition coefficient (Wildman–Crippen LogP) is 4.53. The number of methoxy groups -OCH3 is 1. The van der Waals surface area contributed by atoms with E-state index in [1.54, 1.807) is 18.7 Å². The molecular formula is C20H29F4NO2. The maximum absolute atomic E-state index is 13.9. The number of alkyl halides is 3. The molecule has 2 rings (SSSR count). The first-order valence-electron chi connectivity index (χ1n) is 9.23. The zero-order chi connectivity index (χ0) is 20.5. The van der Waals surface area contributed by atoms with E-state index in [9.17, 15) is 22.7 Å². The second-order valence-electron chi connectivity index (χ2n) is 8.39. The van der Waals surface area contributed by atoms with Crippen LogP contribution in [0.25, 0.3) is 0 Å². The van der Waals surface area contributed by atoms with Crippen molar-refractivity contribution < 1.29 is 27.4 Å². The van der Waals surface area contributed by atoms with E-state index in [0.717, 1.165) is 12.8 Å². The molecule has 1 fully saturated rings. The van der Waals surface area contributed by atoms with Crippen molar-refractivity contribution in [2.75, 3.05) is 26.7 Å². The van der Waals surface area contributed by atoms with Crippen LogP contribution < -0.4 is 4.74 Å². The quantitative estimate of drug-likeness (QED) is 0.724. The van der Waals surface area contributed by atoms with Crippen molar-refractivity contribution in [3.8, 4) is 5.75 Å². The maximum atomic E-state index is 13.9. The van der Waals surface area contributed by atoms with Gasteiger partial charge in [0, 0.05) is 12.1 Å². The normalized spacial score (nSPS) is 19.7. The minimum atomic E-state index is -4.80. The van der Waals surface area contributed by atoms with Crippen LogP contribution in [0.1, 0.15) is 45.6 Å². The standard InChI is InChI=1S/C20H29F4NO2/c1-14-7-9-25(10-8-14)13-19(26,20(22,23)24)12-18(2,3)16-11-15(21)5-6-17(16)27-4/h5-6,11,14,26H,7-10,12-13H2,1-4H3. The minimum absolute atomic E-state index is 0.303. The van der Waals surface area contributed by atoms with Crippen LogP contribution in [0.15, 0.2) is 18.2 Å². The Balaban J connectivity index is 2.30. The average molecular weight is 391 g/mol. The number of hydrogen-bond acceptors (Lipinski definition) is 3. The van der Waals surface area contributed by atoms with Crippen molar-refractivity contribution in [2.24, 2.45) is 5.92 Å². The van der Waals surface area contributed by atoms with E-state index in [4.69, 9.17) is 4.74 Å². The van der Waals surface area contributed by atoms with E-state index < -0.39 is 36.0 Å². The molecule has 1 atom stereocenters. The summed E-state index contributed by atoms with van der Waals surface area (Å²) < 4.78 is 60.5. The summed E-state index contributed by atoms with van der Waals surface area (Å²) in [7, 11) is 1.39. The number of piperidine rings is 1. The Morgan fingerprint density at radius 1 is 1.19 bits per heavy atom. The van der Waals surface area contributed by atoms with Gasteiger partial charge in [0.15, 0.2) is 5.60 Å². The molecule has 0 amide bonds. The summed E-state index contributed by atoms with van der Waals surface area (Å²) in [6.45, 7) is 5.79. The lowest BCUT2D eigenvalue weighted by Gasteiger charge is -2.42. The molecule has 7 heteroatoms. The van der Waals surface area contributed by atoms with Crippen LogP contribution in [0.3, 0.4) is 0 Å². The molecule has 1 N–H and O–H groups in total. The van der Waals surface area contributed by atoms with Crippen LogP contribution in [0, 0.1) is 11.7 Å². The molecule has 0 saturated carbocycles. The van der Waals surface area contributed by atoms with Gasteiger partial charge in [-0.1, -0.05) is 20.8 Å². The third-order valence-corrected chi connectivity index (χ3v) is 5.51. The van der Waals surface area contributed by atoms with Gasteiger partial charge < -0.3 is 14.7 Å². The van der Waals surface area contributed by atoms with Gasteiger partial charge in [-0.2, -0.15) is 13.2 Å². The Labute approximate surface area is 158 Å². The first-order chi connectivity index (χ1) is 12.4. The molecule has 3 nitrogen and oxygen atoms in total. The minimum Gasteiger partial charge on any atom is -0.496 e. The summed E-state index contributed by atoms with van der Waals surface area (Å²) in [5.41, 5.74) is -3.74. The van der Waals surface area contributed by atoms with E-state index in [-0.39, 0.29) is 0 Å². The van der Waals surface area contributed by atoms with E-state index in [0.29, 0.717) is 30.3 Å². The maximum Gasteiger partial charge on any atom is 0.418 e. The van der Waals surface area contributed by atoms with Crippen molar-refractivity contribution >= 4 is 0 Å². The fraction of sp³-hybridized carbons (Fsp3) is 0.700. The van der Waals surface area contributed by atoms with Gasteiger partial charge >= 0.3 is 6.18 Å². The average Bonchev–Trinajstić information content (AvgIpc) is 2.55. The lowest BCUT2D eigenvalue weighted by Crippen LogP contribution is -2.57. The summed E-state index contributed by atoms with van der Waals surface area (Å²) in [4.78, 5) is 1.67. The molecule has 1 aliphatic rings. The van der Waals surface area contributed by atoms with E-state index >= 15 is 0 Å². The molecule has 154 valence electrons. The van der Waals surface area contributed by atoms with Gasteiger partial charge in [0.25, 0.3) is 0 Å². The van der Waals surface area contributed by atoms with Crippen LogP contribution in [0.4, 0.5) is 17.6 Å². The Hall–Kier alpha value is -1.34. The van der Waals surface area contributed by atoms with Gasteiger partial charge in [0.1, 0.15) is 11.6 Å². The topological polar surface area (TPSA) is 32.7 Å². The molecule has 0 aromatic heterocycles. The van der Waals surface area contributed by atoms with Gasteiger partial charge in [0.2, 0.25) is 0 Å². The zero-order valence-corrected chi connectivity index (χ0v) is 16.4. The molecule has 0 bridgehead atoms. The number of hydrogen-bond donors (Lipinski definition) is 1. The summed E-state index contributed by atoms with van der Waals surface area (Å²) in [6.07, 6.45) is -3.76. The number of aliphatic hydroxyl groups is 1. The number of likely N-dealkylation sites (tertiary alicyclic amines) is 1. The summed E-state index contributed by atoms with van der Waals surface area (Å²) >= 11 is 0. The Kier molecular flexibility index (Phi) is 6.47. The molecule has 1 aromatic carbocycles. The molecule has 1 unspecified atom stereocenters. The van der Waals surface area contributed by atoms with Crippen LogP contribution in [0.5, 0.6) is 5.75 Å². The molecule has 0 spiro atoms. The van der Waals surface area contributed by atoms with Crippen LogP contribution in [0.2, 0.25) is 0 Å². The van der Waals surface area contributed by atoms with Gasteiger partial charge in [-0.3, -0.25) is 0 Å². The van der Waals surface area contributed by atoms with E-state index in [1.165, 1.54) is 25.3 Å². The molecule has 0 aliphatic carbocycles. The Morgan fingerprint density at radius 2 is 1.78 bits per heavy atom. The predicted molar refractivity (Wildman–Crippen MR) is 96.4 cm³/mol. The smallest absolute Gasteiger partial charge is 0.418 e. The third-order valence-electron chi connectivity index (χ3n) is 5.51. The fourth-order valence-corrected chi connectivity index (χ4v) is 3.87. The summed E-state index contributed by atoms with van der Waals surface area (Å²) in [5.74, 6) is 0.227. The van der Waals surface area contributed by atoms with Gasteiger partial charge in [-0.25, -0.2) is 4.39 Å². The van der Waals surface area contributed by atoms with Crippen LogP contribution in [-0.4, -0.2) is 48.5 Å².